The summed E-state index contributed by atoms with van der Waals surface area (Å²) in [6.07, 6.45) is 7.37. The minimum absolute atomic E-state index is 0.223. The molecule has 1 rings (SSSR count). The van der Waals surface area contributed by atoms with Crippen LogP contribution in [0.2, 0.25) is 0 Å². The highest BCUT2D eigenvalue weighted by atomic mass is 16.4. The van der Waals surface area contributed by atoms with E-state index in [0.29, 0.717) is 6.42 Å². The van der Waals surface area contributed by atoms with Crippen LogP contribution < -0.4 is 5.32 Å². The third kappa shape index (κ3) is 7.81. The van der Waals surface area contributed by atoms with Gasteiger partial charge in [0, 0.05) is 0 Å². The predicted molar refractivity (Wildman–Crippen MR) is 87.7 cm³/mol. The molecule has 0 aliphatic rings. The number of hydrogen-bond donors (Lipinski definition) is 2. The van der Waals surface area contributed by atoms with Crippen LogP contribution in [-0.4, -0.2) is 23.0 Å². The lowest BCUT2D eigenvalue weighted by Gasteiger charge is -2.14. The Balaban J connectivity index is 2.31. The molecule has 0 heterocycles. The third-order valence-corrected chi connectivity index (χ3v) is 3.69. The van der Waals surface area contributed by atoms with Crippen molar-refractivity contribution in [2.45, 2.75) is 64.3 Å². The maximum atomic E-state index is 11.9. The molecule has 0 saturated carbocycles. The van der Waals surface area contributed by atoms with Crippen molar-refractivity contribution < 1.29 is 14.7 Å². The van der Waals surface area contributed by atoms with Crippen LogP contribution in [0.25, 0.3) is 0 Å². The number of aliphatic carboxylic acids is 1. The van der Waals surface area contributed by atoms with E-state index in [1.165, 1.54) is 19.3 Å². The van der Waals surface area contributed by atoms with Crippen LogP contribution in [0.15, 0.2) is 30.3 Å². The Morgan fingerprint density at radius 3 is 2.32 bits per heavy atom. The second-order valence-electron chi connectivity index (χ2n) is 5.68. The van der Waals surface area contributed by atoms with Crippen LogP contribution in [0.5, 0.6) is 0 Å². The van der Waals surface area contributed by atoms with E-state index in [9.17, 15) is 14.7 Å². The van der Waals surface area contributed by atoms with Crippen molar-refractivity contribution in [3.05, 3.63) is 35.9 Å². The van der Waals surface area contributed by atoms with Gasteiger partial charge in [-0.05, 0) is 12.0 Å². The topological polar surface area (TPSA) is 66.4 Å². The summed E-state index contributed by atoms with van der Waals surface area (Å²) in [5.74, 6) is -1.18. The fourth-order valence-electron chi connectivity index (χ4n) is 2.41. The molecular formula is C18H27NO3. The molecule has 1 atom stereocenters. The smallest absolute Gasteiger partial charge is 0.326 e. The Kier molecular flexibility index (Phi) is 8.96. The second-order valence-corrected chi connectivity index (χ2v) is 5.68. The number of benzene rings is 1. The van der Waals surface area contributed by atoms with Crippen LogP contribution in [-0.2, 0) is 16.0 Å². The molecule has 1 aromatic carbocycles. The summed E-state index contributed by atoms with van der Waals surface area (Å²) in [7, 11) is 0. The number of hydrogen-bond acceptors (Lipinski definition) is 2. The Morgan fingerprint density at radius 2 is 1.68 bits per heavy atom. The van der Waals surface area contributed by atoms with Gasteiger partial charge < -0.3 is 10.4 Å². The average Bonchev–Trinajstić information content (AvgIpc) is 2.50. The number of unbranched alkanes of at least 4 members (excludes halogenated alkanes) is 5. The first kappa shape index (κ1) is 18.2. The maximum Gasteiger partial charge on any atom is 0.326 e. The summed E-state index contributed by atoms with van der Waals surface area (Å²) >= 11 is 0. The van der Waals surface area contributed by atoms with Crippen molar-refractivity contribution in [1.82, 2.24) is 5.32 Å². The van der Waals surface area contributed by atoms with Crippen molar-refractivity contribution in [1.29, 1.82) is 0 Å². The molecule has 0 bridgehead atoms. The highest BCUT2D eigenvalue weighted by Crippen LogP contribution is 2.09. The lowest BCUT2D eigenvalue weighted by atomic mass is 10.1. The van der Waals surface area contributed by atoms with Crippen molar-refractivity contribution in [3.8, 4) is 0 Å². The van der Waals surface area contributed by atoms with Crippen LogP contribution in [0.4, 0.5) is 0 Å². The van der Waals surface area contributed by atoms with E-state index in [2.05, 4.69) is 12.2 Å². The summed E-state index contributed by atoms with van der Waals surface area (Å²) < 4.78 is 0. The molecular weight excluding hydrogens is 278 g/mol. The standard InChI is InChI=1S/C18H27NO3/c1-2-3-4-5-6-10-13-16(18(21)22)19-17(20)14-15-11-8-7-9-12-15/h7-9,11-12,16H,2-6,10,13-14H2,1H3,(H,19,20)(H,21,22)/t16-/m0/s1. The van der Waals surface area contributed by atoms with Crippen molar-refractivity contribution in [2.75, 3.05) is 0 Å². The summed E-state index contributed by atoms with van der Waals surface area (Å²) in [5.41, 5.74) is 0.892. The van der Waals surface area contributed by atoms with Gasteiger partial charge in [0.1, 0.15) is 6.04 Å². The van der Waals surface area contributed by atoms with Gasteiger partial charge in [-0.15, -0.1) is 0 Å². The highest BCUT2D eigenvalue weighted by molar-refractivity contribution is 5.84. The normalized spacial score (nSPS) is 11.9. The van der Waals surface area contributed by atoms with Gasteiger partial charge in [-0.1, -0.05) is 75.8 Å². The summed E-state index contributed by atoms with van der Waals surface area (Å²) in [6, 6.07) is 8.58. The maximum absolute atomic E-state index is 11.9. The fourth-order valence-corrected chi connectivity index (χ4v) is 2.41. The molecule has 2 N–H and O–H groups in total. The van der Waals surface area contributed by atoms with Gasteiger partial charge in [-0.3, -0.25) is 4.79 Å². The number of carboxylic acids is 1. The molecule has 0 aromatic heterocycles. The Hall–Kier alpha value is -1.84. The predicted octanol–water partition coefficient (Wildman–Crippen LogP) is 3.55. The molecule has 1 amide bonds. The first-order valence-electron chi connectivity index (χ1n) is 8.19. The second kappa shape index (κ2) is 10.8. The zero-order valence-corrected chi connectivity index (χ0v) is 13.4. The van der Waals surface area contributed by atoms with Crippen LogP contribution in [0, 0.1) is 0 Å². The van der Waals surface area contributed by atoms with Crippen molar-refractivity contribution in [3.63, 3.8) is 0 Å². The number of carbonyl (C=O) groups excluding carboxylic acids is 1. The first-order valence-corrected chi connectivity index (χ1v) is 8.19. The molecule has 0 radical (unpaired) electrons. The van der Waals surface area contributed by atoms with Gasteiger partial charge in [-0.2, -0.15) is 0 Å². The van der Waals surface area contributed by atoms with Crippen LogP contribution in [0.3, 0.4) is 0 Å². The van der Waals surface area contributed by atoms with Gasteiger partial charge in [0.25, 0.3) is 0 Å². The monoisotopic (exact) mass is 305 g/mol. The first-order chi connectivity index (χ1) is 10.6. The number of nitrogens with one attached hydrogen (secondary N) is 1. The molecule has 1 aromatic rings. The average molecular weight is 305 g/mol. The van der Waals surface area contributed by atoms with E-state index in [0.717, 1.165) is 24.8 Å². The minimum Gasteiger partial charge on any atom is -0.480 e. The van der Waals surface area contributed by atoms with E-state index in [4.69, 9.17) is 0 Å². The van der Waals surface area contributed by atoms with Gasteiger partial charge in [-0.25, -0.2) is 4.79 Å². The largest absolute Gasteiger partial charge is 0.480 e. The molecule has 0 unspecified atom stereocenters. The number of amides is 1. The molecule has 0 spiro atoms. The van der Waals surface area contributed by atoms with Crippen molar-refractivity contribution >= 4 is 11.9 Å². The van der Waals surface area contributed by atoms with E-state index in [-0.39, 0.29) is 12.3 Å². The lowest BCUT2D eigenvalue weighted by molar-refractivity contribution is -0.142. The summed E-state index contributed by atoms with van der Waals surface area (Å²) in [5, 5.41) is 11.8. The van der Waals surface area contributed by atoms with Gasteiger partial charge in [0.2, 0.25) is 5.91 Å². The highest BCUT2D eigenvalue weighted by Gasteiger charge is 2.19. The molecule has 22 heavy (non-hydrogen) atoms. The number of carboxylic acid groups (broad SMARTS) is 1. The molecule has 0 aliphatic heterocycles. The lowest BCUT2D eigenvalue weighted by Crippen LogP contribution is -2.41. The molecule has 122 valence electrons. The van der Waals surface area contributed by atoms with Crippen molar-refractivity contribution in [2.24, 2.45) is 0 Å². The fraction of sp³-hybridized carbons (Fsp3) is 0.556. The van der Waals surface area contributed by atoms with Gasteiger partial charge in [0.05, 0.1) is 6.42 Å². The number of rotatable bonds is 11. The van der Waals surface area contributed by atoms with Crippen LogP contribution >= 0.6 is 0 Å². The van der Waals surface area contributed by atoms with Gasteiger partial charge in [0.15, 0.2) is 0 Å². The Morgan fingerprint density at radius 1 is 1.05 bits per heavy atom. The zero-order chi connectivity index (χ0) is 16.2. The van der Waals surface area contributed by atoms with Crippen LogP contribution in [0.1, 0.15) is 57.4 Å². The number of carbonyl (C=O) groups is 2. The SMILES string of the molecule is CCCCCCCC[C@H](NC(=O)Cc1ccccc1)C(=O)O. The zero-order valence-electron chi connectivity index (χ0n) is 13.4. The van der Waals surface area contributed by atoms with Gasteiger partial charge >= 0.3 is 5.97 Å². The summed E-state index contributed by atoms with van der Waals surface area (Å²) in [6.45, 7) is 2.17. The Bertz CT molecular complexity index is 445. The van der Waals surface area contributed by atoms with E-state index < -0.39 is 12.0 Å². The minimum atomic E-state index is -0.949. The molecule has 4 nitrogen and oxygen atoms in total. The quantitative estimate of drug-likeness (QED) is 0.614. The third-order valence-electron chi connectivity index (χ3n) is 3.69. The molecule has 0 fully saturated rings. The molecule has 4 heteroatoms. The Labute approximate surface area is 132 Å². The molecule has 0 aliphatic carbocycles. The van der Waals surface area contributed by atoms with E-state index >= 15 is 0 Å². The summed E-state index contributed by atoms with van der Waals surface area (Å²) in [4.78, 5) is 23.2. The van der Waals surface area contributed by atoms with E-state index in [1.54, 1.807) is 0 Å². The van der Waals surface area contributed by atoms with E-state index in [1.807, 2.05) is 30.3 Å². The molecule has 0 saturated heterocycles.